The van der Waals surface area contributed by atoms with Crippen molar-refractivity contribution in [2.24, 2.45) is 0 Å². The van der Waals surface area contributed by atoms with Crippen molar-refractivity contribution in [1.29, 1.82) is 0 Å². The largest absolute Gasteiger partial charge is 0.371 e. The van der Waals surface area contributed by atoms with E-state index in [1.165, 1.54) is 0 Å². The summed E-state index contributed by atoms with van der Waals surface area (Å²) >= 11 is 0. The fourth-order valence-corrected chi connectivity index (χ4v) is 1.96. The molecule has 0 aromatic heterocycles. The van der Waals surface area contributed by atoms with E-state index in [2.05, 4.69) is 18.8 Å². The van der Waals surface area contributed by atoms with E-state index in [1.54, 1.807) is 24.3 Å². The Morgan fingerprint density at radius 3 is 2.50 bits per heavy atom. The summed E-state index contributed by atoms with van der Waals surface area (Å²) in [7, 11) is -3.63. The molecule has 1 unspecified atom stereocenters. The number of unbranched alkanes of at least 4 members (excludes halogenated alkanes) is 2. The summed E-state index contributed by atoms with van der Waals surface area (Å²) in [6.45, 7) is 1.65. The van der Waals surface area contributed by atoms with Gasteiger partial charge in [-0.1, -0.05) is 55.5 Å². The van der Waals surface area contributed by atoms with Gasteiger partial charge in [-0.15, -0.1) is 0 Å². The summed E-state index contributed by atoms with van der Waals surface area (Å²) in [5.41, 5.74) is -1.09. The Kier molecular flexibility index (Phi) is 6.21. The minimum Gasteiger partial charge on any atom is -0.371 e. The van der Waals surface area contributed by atoms with E-state index in [9.17, 15) is 13.5 Å². The van der Waals surface area contributed by atoms with Gasteiger partial charge in [0.25, 0.3) is 10.1 Å². The van der Waals surface area contributed by atoms with Gasteiger partial charge >= 0.3 is 0 Å². The van der Waals surface area contributed by atoms with E-state index in [0.29, 0.717) is 12.0 Å². The third-order valence-corrected chi connectivity index (χ3v) is 3.23. The SMILES string of the molecule is CCCCC#CC(O)(COS(C)(=O)=O)c1ccccc1. The molecule has 0 radical (unpaired) electrons. The van der Waals surface area contributed by atoms with Gasteiger partial charge in [0.05, 0.1) is 6.26 Å². The average molecular weight is 296 g/mol. The molecular weight excluding hydrogens is 276 g/mol. The van der Waals surface area contributed by atoms with Gasteiger partial charge in [-0.2, -0.15) is 8.42 Å². The third-order valence-electron chi connectivity index (χ3n) is 2.68. The highest BCUT2D eigenvalue weighted by Crippen LogP contribution is 2.21. The zero-order valence-corrected chi connectivity index (χ0v) is 12.6. The molecule has 0 bridgehead atoms. The van der Waals surface area contributed by atoms with E-state index < -0.39 is 22.3 Å². The lowest BCUT2D eigenvalue weighted by Gasteiger charge is -2.22. The molecule has 1 aromatic rings. The van der Waals surface area contributed by atoms with Crippen LogP contribution in [0.3, 0.4) is 0 Å². The van der Waals surface area contributed by atoms with Crippen LogP contribution in [0.4, 0.5) is 0 Å². The van der Waals surface area contributed by atoms with E-state index in [-0.39, 0.29) is 0 Å². The first-order valence-electron chi connectivity index (χ1n) is 6.50. The molecule has 1 atom stereocenters. The molecule has 1 N–H and O–H groups in total. The van der Waals surface area contributed by atoms with Crippen molar-refractivity contribution in [3.05, 3.63) is 35.9 Å². The molecule has 0 heterocycles. The molecule has 110 valence electrons. The summed E-state index contributed by atoms with van der Waals surface area (Å²) in [5, 5.41) is 10.6. The maximum atomic E-state index is 11.1. The maximum Gasteiger partial charge on any atom is 0.264 e. The van der Waals surface area contributed by atoms with Gasteiger partial charge in [-0.05, 0) is 12.0 Å². The predicted molar refractivity (Wildman–Crippen MR) is 78.4 cm³/mol. The minimum atomic E-state index is -3.63. The van der Waals surface area contributed by atoms with Crippen molar-refractivity contribution in [2.75, 3.05) is 12.9 Å². The molecule has 0 aliphatic rings. The summed E-state index contributed by atoms with van der Waals surface area (Å²) < 4.78 is 26.9. The number of hydrogen-bond donors (Lipinski definition) is 1. The highest BCUT2D eigenvalue weighted by atomic mass is 32.2. The zero-order valence-electron chi connectivity index (χ0n) is 11.8. The van der Waals surface area contributed by atoms with Crippen molar-refractivity contribution < 1.29 is 17.7 Å². The number of benzene rings is 1. The standard InChI is InChI=1S/C15H20O4S/c1-3-4-5-9-12-15(16,13-19-20(2,17)18)14-10-7-6-8-11-14/h6-8,10-11,16H,3-5,13H2,1-2H3. The predicted octanol–water partition coefficient (Wildman–Crippen LogP) is 2.04. The summed E-state index contributed by atoms with van der Waals surface area (Å²) in [6, 6.07) is 8.72. The summed E-state index contributed by atoms with van der Waals surface area (Å²) in [5.74, 6) is 5.62. The fraction of sp³-hybridized carbons (Fsp3) is 0.467. The molecule has 20 heavy (non-hydrogen) atoms. The van der Waals surface area contributed by atoms with Gasteiger partial charge in [0.15, 0.2) is 5.60 Å². The van der Waals surface area contributed by atoms with Crippen molar-refractivity contribution in [3.8, 4) is 11.8 Å². The highest BCUT2D eigenvalue weighted by Gasteiger charge is 2.29. The van der Waals surface area contributed by atoms with Crippen LogP contribution in [0.25, 0.3) is 0 Å². The second-order valence-corrected chi connectivity index (χ2v) is 6.24. The molecular formula is C15H20O4S. The Morgan fingerprint density at radius 1 is 1.30 bits per heavy atom. The molecule has 0 saturated carbocycles. The number of hydrogen-bond acceptors (Lipinski definition) is 4. The van der Waals surface area contributed by atoms with Crippen LogP contribution in [0.5, 0.6) is 0 Å². The molecule has 0 saturated heterocycles. The highest BCUT2D eigenvalue weighted by molar-refractivity contribution is 7.85. The monoisotopic (exact) mass is 296 g/mol. The van der Waals surface area contributed by atoms with Crippen molar-refractivity contribution in [2.45, 2.75) is 31.8 Å². The minimum absolute atomic E-state index is 0.408. The van der Waals surface area contributed by atoms with Crippen LogP contribution in [0.1, 0.15) is 31.7 Å². The number of rotatable bonds is 6. The third kappa shape index (κ3) is 5.74. The van der Waals surface area contributed by atoms with Gasteiger partial charge in [-0.25, -0.2) is 0 Å². The second-order valence-electron chi connectivity index (χ2n) is 4.60. The molecule has 0 spiro atoms. The van der Waals surface area contributed by atoms with Crippen LogP contribution in [-0.2, 0) is 19.9 Å². The molecule has 0 amide bonds. The van der Waals surface area contributed by atoms with Gasteiger partial charge in [0, 0.05) is 6.42 Å². The van der Waals surface area contributed by atoms with Crippen LogP contribution >= 0.6 is 0 Å². The van der Waals surface area contributed by atoms with Gasteiger partial charge < -0.3 is 5.11 Å². The lowest BCUT2D eigenvalue weighted by molar-refractivity contribution is 0.0465. The van der Waals surface area contributed by atoms with Gasteiger partial charge in [0.1, 0.15) is 6.61 Å². The molecule has 1 aromatic carbocycles. The average Bonchev–Trinajstić information content (AvgIpc) is 2.42. The molecule has 4 nitrogen and oxygen atoms in total. The topological polar surface area (TPSA) is 63.6 Å². The van der Waals surface area contributed by atoms with Crippen LogP contribution < -0.4 is 0 Å². The maximum absolute atomic E-state index is 11.1. The summed E-state index contributed by atoms with van der Waals surface area (Å²) in [6.07, 6.45) is 3.55. The van der Waals surface area contributed by atoms with E-state index in [0.717, 1.165) is 19.1 Å². The molecule has 0 aliphatic heterocycles. The normalized spacial score (nSPS) is 14.2. The smallest absolute Gasteiger partial charge is 0.264 e. The first-order valence-corrected chi connectivity index (χ1v) is 8.31. The van der Waals surface area contributed by atoms with Crippen LogP contribution in [-0.4, -0.2) is 26.4 Å². The fourth-order valence-electron chi connectivity index (χ4n) is 1.57. The Bertz CT molecular complexity index is 569. The van der Waals surface area contributed by atoms with Gasteiger partial charge in [-0.3, -0.25) is 4.18 Å². The van der Waals surface area contributed by atoms with Crippen molar-refractivity contribution in [3.63, 3.8) is 0 Å². The second kappa shape index (κ2) is 7.44. The van der Waals surface area contributed by atoms with Crippen LogP contribution in [0.15, 0.2) is 30.3 Å². The van der Waals surface area contributed by atoms with Crippen molar-refractivity contribution in [1.82, 2.24) is 0 Å². The molecule has 0 aliphatic carbocycles. The zero-order chi connectivity index (χ0) is 15.1. The van der Waals surface area contributed by atoms with Gasteiger partial charge in [0.2, 0.25) is 0 Å². The Labute approximate surface area is 120 Å². The first-order chi connectivity index (χ1) is 9.37. The lowest BCUT2D eigenvalue weighted by Crippen LogP contribution is -2.31. The van der Waals surface area contributed by atoms with Crippen LogP contribution in [0, 0.1) is 11.8 Å². The first kappa shape index (κ1) is 16.7. The van der Waals surface area contributed by atoms with E-state index in [1.807, 2.05) is 6.07 Å². The number of aliphatic hydroxyl groups is 1. The van der Waals surface area contributed by atoms with Crippen LogP contribution in [0.2, 0.25) is 0 Å². The Balaban J connectivity index is 2.96. The lowest BCUT2D eigenvalue weighted by atomic mass is 9.95. The molecule has 5 heteroatoms. The Hall–Kier alpha value is -1.35. The van der Waals surface area contributed by atoms with E-state index in [4.69, 9.17) is 4.18 Å². The quantitative estimate of drug-likeness (QED) is 0.496. The van der Waals surface area contributed by atoms with E-state index >= 15 is 0 Å². The summed E-state index contributed by atoms with van der Waals surface area (Å²) in [4.78, 5) is 0. The molecule has 0 fully saturated rings. The van der Waals surface area contributed by atoms with Crippen molar-refractivity contribution >= 4 is 10.1 Å². The molecule has 1 rings (SSSR count). The Morgan fingerprint density at radius 2 is 1.95 bits per heavy atom.